The molecular weight excluding hydrogens is 422 g/mol. The van der Waals surface area contributed by atoms with Gasteiger partial charge in [-0.1, -0.05) is 34.8 Å². The Morgan fingerprint density at radius 2 is 1.62 bits per heavy atom. The summed E-state index contributed by atoms with van der Waals surface area (Å²) in [5, 5.41) is 0.351. The van der Waals surface area contributed by atoms with E-state index in [0.717, 1.165) is 0 Å². The molecule has 9 heteroatoms. The van der Waals surface area contributed by atoms with Gasteiger partial charge in [0.1, 0.15) is 4.90 Å². The molecule has 0 saturated heterocycles. The Morgan fingerprint density at radius 3 is 2.14 bits per heavy atom. The minimum atomic E-state index is -3.97. The van der Waals surface area contributed by atoms with E-state index >= 15 is 0 Å². The highest BCUT2D eigenvalue weighted by Crippen LogP contribution is 2.34. The number of anilines is 2. The normalized spacial score (nSPS) is 11.4. The van der Waals surface area contributed by atoms with Crippen LogP contribution >= 0.6 is 50.7 Å². The van der Waals surface area contributed by atoms with Gasteiger partial charge in [-0.3, -0.25) is 4.72 Å². The fourth-order valence-corrected chi connectivity index (χ4v) is 4.83. The first-order chi connectivity index (χ1) is 9.70. The van der Waals surface area contributed by atoms with Crippen LogP contribution in [0, 0.1) is 0 Å². The predicted octanol–water partition coefficient (Wildman–Crippen LogP) is 4.79. The highest BCUT2D eigenvalue weighted by molar-refractivity contribution is 9.10. The molecule has 2 aromatic carbocycles. The largest absolute Gasteiger partial charge is 0.399 e. The Kier molecular flexibility index (Phi) is 4.95. The highest BCUT2D eigenvalue weighted by atomic mass is 79.9. The van der Waals surface area contributed by atoms with Crippen LogP contribution in [0.4, 0.5) is 11.4 Å². The summed E-state index contributed by atoms with van der Waals surface area (Å²) in [4.78, 5) is -0.234. The van der Waals surface area contributed by atoms with Gasteiger partial charge in [0.05, 0.1) is 15.7 Å². The van der Waals surface area contributed by atoms with Gasteiger partial charge in [-0.15, -0.1) is 0 Å². The van der Waals surface area contributed by atoms with Crippen LogP contribution in [0.15, 0.2) is 39.7 Å². The molecule has 0 saturated carbocycles. The maximum Gasteiger partial charge on any atom is 0.264 e. The van der Waals surface area contributed by atoms with Crippen LogP contribution < -0.4 is 10.5 Å². The van der Waals surface area contributed by atoms with Crippen molar-refractivity contribution in [2.75, 3.05) is 10.5 Å². The minimum absolute atomic E-state index is 0.0578. The maximum atomic E-state index is 12.4. The molecular formula is C12H8BrCl3N2O2S. The number of nitrogen functional groups attached to an aromatic ring is 1. The van der Waals surface area contributed by atoms with Gasteiger partial charge in [0.25, 0.3) is 10.0 Å². The van der Waals surface area contributed by atoms with E-state index in [2.05, 4.69) is 20.7 Å². The van der Waals surface area contributed by atoms with Crippen molar-refractivity contribution in [1.82, 2.24) is 0 Å². The maximum absolute atomic E-state index is 12.4. The lowest BCUT2D eigenvalue weighted by atomic mass is 10.3. The number of nitrogens with two attached hydrogens (primary N) is 1. The van der Waals surface area contributed by atoms with Crippen molar-refractivity contribution in [2.45, 2.75) is 4.90 Å². The SMILES string of the molecule is Nc1cc(Cl)c(S(=O)(=O)Nc2ccc(Cl)cc2Br)c(Cl)c1. The van der Waals surface area contributed by atoms with E-state index in [0.29, 0.717) is 15.2 Å². The van der Waals surface area contributed by atoms with Gasteiger partial charge < -0.3 is 5.73 Å². The lowest BCUT2D eigenvalue weighted by molar-refractivity contribution is 0.601. The third kappa shape index (κ3) is 3.76. The molecule has 0 aliphatic heterocycles. The van der Waals surface area contributed by atoms with Gasteiger partial charge in [-0.05, 0) is 46.3 Å². The van der Waals surface area contributed by atoms with E-state index in [1.807, 2.05) is 0 Å². The second-order valence-corrected chi connectivity index (χ2v) is 7.77. The molecule has 4 nitrogen and oxygen atoms in total. The molecule has 0 bridgehead atoms. The Morgan fingerprint density at radius 1 is 1.05 bits per heavy atom. The van der Waals surface area contributed by atoms with Crippen LogP contribution in [0.5, 0.6) is 0 Å². The second-order valence-electron chi connectivity index (χ2n) is 4.04. The van der Waals surface area contributed by atoms with E-state index in [1.54, 1.807) is 12.1 Å². The molecule has 0 fully saturated rings. The zero-order valence-electron chi connectivity index (χ0n) is 10.2. The number of sulfonamides is 1. The summed E-state index contributed by atoms with van der Waals surface area (Å²) in [7, 11) is -3.97. The van der Waals surface area contributed by atoms with Crippen LogP contribution in [-0.2, 0) is 10.0 Å². The molecule has 3 N–H and O–H groups in total. The monoisotopic (exact) mass is 428 g/mol. The summed E-state index contributed by atoms with van der Waals surface area (Å²) in [6.07, 6.45) is 0. The molecule has 2 aromatic rings. The van der Waals surface area contributed by atoms with E-state index in [9.17, 15) is 8.42 Å². The van der Waals surface area contributed by atoms with Gasteiger partial charge in [-0.2, -0.15) is 0 Å². The summed E-state index contributed by atoms with van der Waals surface area (Å²) in [6, 6.07) is 7.27. The Hall–Kier alpha value is -0.660. The molecule has 21 heavy (non-hydrogen) atoms. The third-order valence-electron chi connectivity index (χ3n) is 2.46. The Bertz CT molecular complexity index is 789. The van der Waals surface area contributed by atoms with Gasteiger partial charge in [0.15, 0.2) is 0 Å². The molecule has 0 aromatic heterocycles. The number of rotatable bonds is 3. The molecule has 0 aliphatic rings. The van der Waals surface area contributed by atoms with Crippen LogP contribution in [0.25, 0.3) is 0 Å². The summed E-state index contributed by atoms with van der Waals surface area (Å²) >= 11 is 20.9. The molecule has 0 amide bonds. The zero-order valence-corrected chi connectivity index (χ0v) is 14.9. The average molecular weight is 431 g/mol. The molecule has 0 heterocycles. The van der Waals surface area contributed by atoms with Crippen molar-refractivity contribution in [3.8, 4) is 0 Å². The van der Waals surface area contributed by atoms with E-state index in [1.165, 1.54) is 18.2 Å². The summed E-state index contributed by atoms with van der Waals surface area (Å²) in [5.41, 5.74) is 6.14. The Balaban J connectivity index is 2.48. The highest BCUT2D eigenvalue weighted by Gasteiger charge is 2.23. The third-order valence-corrected chi connectivity index (χ3v) is 5.64. The summed E-state index contributed by atoms with van der Waals surface area (Å²) in [6.45, 7) is 0. The molecule has 0 atom stereocenters. The fraction of sp³-hybridized carbons (Fsp3) is 0. The summed E-state index contributed by atoms with van der Waals surface area (Å²) in [5.74, 6) is 0. The quantitative estimate of drug-likeness (QED) is 0.688. The number of benzene rings is 2. The van der Waals surface area contributed by atoms with Crippen molar-refractivity contribution in [2.24, 2.45) is 0 Å². The number of hydrogen-bond donors (Lipinski definition) is 2. The lowest BCUT2D eigenvalue weighted by Crippen LogP contribution is -2.14. The molecule has 0 radical (unpaired) electrons. The minimum Gasteiger partial charge on any atom is -0.399 e. The topological polar surface area (TPSA) is 72.2 Å². The van der Waals surface area contributed by atoms with Crippen molar-refractivity contribution < 1.29 is 8.42 Å². The van der Waals surface area contributed by atoms with Crippen LogP contribution in [-0.4, -0.2) is 8.42 Å². The number of halogens is 4. The first-order valence-corrected chi connectivity index (χ1v) is 8.84. The fourth-order valence-electron chi connectivity index (χ4n) is 1.60. The van der Waals surface area contributed by atoms with E-state index in [-0.39, 0.29) is 20.6 Å². The van der Waals surface area contributed by atoms with Gasteiger partial charge in [0.2, 0.25) is 0 Å². The lowest BCUT2D eigenvalue weighted by Gasteiger charge is -2.13. The summed E-state index contributed by atoms with van der Waals surface area (Å²) < 4.78 is 27.7. The number of nitrogens with one attached hydrogen (secondary N) is 1. The van der Waals surface area contributed by atoms with Crippen LogP contribution in [0.1, 0.15) is 0 Å². The van der Waals surface area contributed by atoms with Crippen LogP contribution in [0.2, 0.25) is 15.1 Å². The van der Waals surface area contributed by atoms with Crippen molar-refractivity contribution >= 4 is 72.1 Å². The smallest absolute Gasteiger partial charge is 0.264 e. The van der Waals surface area contributed by atoms with E-state index in [4.69, 9.17) is 40.5 Å². The molecule has 2 rings (SSSR count). The van der Waals surface area contributed by atoms with Crippen molar-refractivity contribution in [1.29, 1.82) is 0 Å². The van der Waals surface area contributed by atoms with Crippen molar-refractivity contribution in [3.05, 3.63) is 49.9 Å². The van der Waals surface area contributed by atoms with E-state index < -0.39 is 10.0 Å². The first kappa shape index (κ1) is 16.7. The molecule has 112 valence electrons. The van der Waals surface area contributed by atoms with Crippen molar-refractivity contribution in [3.63, 3.8) is 0 Å². The predicted molar refractivity (Wildman–Crippen MR) is 90.8 cm³/mol. The molecule has 0 aliphatic carbocycles. The second kappa shape index (κ2) is 6.22. The number of hydrogen-bond acceptors (Lipinski definition) is 3. The van der Waals surface area contributed by atoms with Gasteiger partial charge in [0, 0.05) is 15.2 Å². The van der Waals surface area contributed by atoms with Gasteiger partial charge >= 0.3 is 0 Å². The first-order valence-electron chi connectivity index (χ1n) is 5.43. The zero-order chi connectivity index (χ0) is 15.8. The molecule has 0 unspecified atom stereocenters. The van der Waals surface area contributed by atoms with Gasteiger partial charge in [-0.25, -0.2) is 8.42 Å². The molecule has 0 spiro atoms. The standard InChI is InChI=1S/C12H8BrCl3N2O2S/c13-8-3-6(14)1-2-11(8)18-21(19,20)12-9(15)4-7(17)5-10(12)16/h1-5,18H,17H2. The van der Waals surface area contributed by atoms with Crippen LogP contribution in [0.3, 0.4) is 0 Å². The average Bonchev–Trinajstić information content (AvgIpc) is 2.30. The Labute approximate surface area is 145 Å².